The van der Waals surface area contributed by atoms with Crippen molar-refractivity contribution in [2.75, 3.05) is 6.54 Å². The smallest absolute Gasteiger partial charge is 0.325 e. The van der Waals surface area contributed by atoms with Gasteiger partial charge in [0.1, 0.15) is 18.3 Å². The minimum atomic E-state index is -0.641. The quantitative estimate of drug-likeness (QED) is 0.776. The van der Waals surface area contributed by atoms with Gasteiger partial charge in [-0.1, -0.05) is 30.3 Å². The largest absolute Gasteiger partial charge is 0.467 e. The number of rotatable bonds is 6. The molecule has 24 heavy (non-hydrogen) atoms. The minimum Gasteiger partial charge on any atom is -0.467 e. The summed E-state index contributed by atoms with van der Waals surface area (Å²) in [6.07, 6.45) is 1.91. The van der Waals surface area contributed by atoms with Crippen LogP contribution in [0, 0.1) is 0 Å². The summed E-state index contributed by atoms with van der Waals surface area (Å²) in [6, 6.07) is 11.7. The summed E-state index contributed by atoms with van der Waals surface area (Å²) in [5, 5.41) is 5.23. The summed E-state index contributed by atoms with van der Waals surface area (Å²) in [5.74, 6) is -0.213. The van der Waals surface area contributed by atoms with E-state index >= 15 is 0 Å². The van der Waals surface area contributed by atoms with Crippen molar-refractivity contribution in [1.82, 2.24) is 15.5 Å². The third-order valence-corrected chi connectivity index (χ3v) is 3.73. The predicted molar refractivity (Wildman–Crippen MR) is 84.7 cm³/mol. The van der Waals surface area contributed by atoms with E-state index in [1.165, 1.54) is 6.26 Å². The Bertz CT molecular complexity index is 728. The zero-order chi connectivity index (χ0) is 16.9. The van der Waals surface area contributed by atoms with Gasteiger partial charge in [0.15, 0.2) is 0 Å². The molecule has 2 heterocycles. The molecule has 2 aromatic rings. The first-order valence-corrected chi connectivity index (χ1v) is 7.58. The Labute approximate surface area is 138 Å². The average molecular weight is 327 g/mol. The molecule has 1 aromatic heterocycles. The molecule has 0 aliphatic carbocycles. The fourth-order valence-electron chi connectivity index (χ4n) is 2.51. The van der Waals surface area contributed by atoms with Gasteiger partial charge >= 0.3 is 6.03 Å². The molecule has 1 atom stereocenters. The molecule has 1 aliphatic heterocycles. The summed E-state index contributed by atoms with van der Waals surface area (Å²) in [5.41, 5.74) is 0.945. The highest BCUT2D eigenvalue weighted by Gasteiger charge is 2.38. The van der Waals surface area contributed by atoms with E-state index in [0.717, 1.165) is 10.5 Å². The van der Waals surface area contributed by atoms with Gasteiger partial charge in [0.2, 0.25) is 5.91 Å². The Hall–Kier alpha value is -3.09. The van der Waals surface area contributed by atoms with Gasteiger partial charge in [-0.2, -0.15) is 0 Å². The highest BCUT2D eigenvalue weighted by Crippen LogP contribution is 2.12. The lowest BCUT2D eigenvalue weighted by molar-refractivity contribution is -0.132. The van der Waals surface area contributed by atoms with Crippen LogP contribution in [0.1, 0.15) is 11.3 Å². The minimum absolute atomic E-state index is 0.211. The number of nitrogens with one attached hydrogen (secondary N) is 2. The van der Waals surface area contributed by atoms with Gasteiger partial charge in [0, 0.05) is 6.42 Å². The summed E-state index contributed by atoms with van der Waals surface area (Å²) < 4.78 is 5.11. The number of furan rings is 1. The molecule has 1 aliphatic rings. The molecular weight excluding hydrogens is 310 g/mol. The highest BCUT2D eigenvalue weighted by atomic mass is 16.3. The number of amides is 4. The number of hydrogen-bond acceptors (Lipinski definition) is 4. The molecule has 124 valence electrons. The Kier molecular flexibility index (Phi) is 4.60. The van der Waals surface area contributed by atoms with Crippen LogP contribution in [0.25, 0.3) is 0 Å². The van der Waals surface area contributed by atoms with Gasteiger partial charge in [-0.25, -0.2) is 4.79 Å². The predicted octanol–water partition coefficient (Wildman–Crippen LogP) is 1.06. The fourth-order valence-corrected chi connectivity index (χ4v) is 2.51. The van der Waals surface area contributed by atoms with Crippen molar-refractivity contribution >= 4 is 17.8 Å². The number of carbonyl (C=O) groups excluding carboxylic acids is 3. The van der Waals surface area contributed by atoms with Crippen molar-refractivity contribution in [3.63, 3.8) is 0 Å². The maximum atomic E-state index is 12.3. The van der Waals surface area contributed by atoms with E-state index in [4.69, 9.17) is 4.42 Å². The van der Waals surface area contributed by atoms with Crippen LogP contribution >= 0.6 is 0 Å². The molecule has 2 N–H and O–H groups in total. The topological polar surface area (TPSA) is 91.7 Å². The molecule has 0 saturated carbocycles. The van der Waals surface area contributed by atoms with Crippen molar-refractivity contribution in [3.05, 3.63) is 60.1 Å². The summed E-state index contributed by atoms with van der Waals surface area (Å²) in [4.78, 5) is 37.1. The SMILES string of the molecule is O=C(CN1C(=O)N[C@@H](Cc2ccccc2)C1=O)NCc1ccco1. The Morgan fingerprint density at radius 3 is 2.67 bits per heavy atom. The van der Waals surface area contributed by atoms with Crippen LogP contribution in [0.5, 0.6) is 0 Å². The third-order valence-electron chi connectivity index (χ3n) is 3.73. The van der Waals surface area contributed by atoms with Crippen LogP contribution in [-0.4, -0.2) is 35.3 Å². The highest BCUT2D eigenvalue weighted by molar-refractivity contribution is 6.06. The molecule has 0 radical (unpaired) electrons. The Morgan fingerprint density at radius 1 is 1.17 bits per heavy atom. The molecule has 7 nitrogen and oxygen atoms in total. The first-order valence-electron chi connectivity index (χ1n) is 7.58. The number of benzene rings is 1. The van der Waals surface area contributed by atoms with Crippen LogP contribution in [0.15, 0.2) is 53.1 Å². The lowest BCUT2D eigenvalue weighted by atomic mass is 10.1. The average Bonchev–Trinajstić information content (AvgIpc) is 3.18. The summed E-state index contributed by atoms with van der Waals surface area (Å²) in [7, 11) is 0. The van der Waals surface area contributed by atoms with Crippen LogP contribution in [0.3, 0.4) is 0 Å². The first kappa shape index (κ1) is 15.8. The molecule has 4 amide bonds. The second-order valence-corrected chi connectivity index (χ2v) is 5.47. The molecule has 3 rings (SSSR count). The molecule has 1 saturated heterocycles. The third kappa shape index (κ3) is 3.62. The molecule has 7 heteroatoms. The van der Waals surface area contributed by atoms with Crippen molar-refractivity contribution in [3.8, 4) is 0 Å². The van der Waals surface area contributed by atoms with E-state index in [2.05, 4.69) is 10.6 Å². The van der Waals surface area contributed by atoms with Crippen LogP contribution in [-0.2, 0) is 22.6 Å². The van der Waals surface area contributed by atoms with E-state index in [-0.39, 0.29) is 13.1 Å². The van der Waals surface area contributed by atoms with E-state index in [1.807, 2.05) is 30.3 Å². The summed E-state index contributed by atoms with van der Waals surface area (Å²) in [6.45, 7) is -0.0976. The maximum Gasteiger partial charge on any atom is 0.325 e. The normalized spacial score (nSPS) is 17.0. The van der Waals surface area contributed by atoms with Gasteiger partial charge < -0.3 is 15.1 Å². The fraction of sp³-hybridized carbons (Fsp3) is 0.235. The van der Waals surface area contributed by atoms with Crippen molar-refractivity contribution < 1.29 is 18.8 Å². The van der Waals surface area contributed by atoms with Crippen molar-refractivity contribution in [2.45, 2.75) is 19.0 Å². The monoisotopic (exact) mass is 327 g/mol. The standard InChI is InChI=1S/C17H17N3O4/c21-15(18-10-13-7-4-8-24-13)11-20-16(22)14(19-17(20)23)9-12-5-2-1-3-6-12/h1-8,14H,9-11H2,(H,18,21)(H,19,23)/t14-/m0/s1. The molecule has 1 aromatic carbocycles. The van der Waals surface area contributed by atoms with E-state index < -0.39 is 23.9 Å². The molecule has 1 fully saturated rings. The Balaban J connectivity index is 1.55. The molecular formula is C17H17N3O4. The maximum absolute atomic E-state index is 12.3. The second kappa shape index (κ2) is 6.99. The van der Waals surface area contributed by atoms with Gasteiger partial charge in [0.05, 0.1) is 12.8 Å². The van der Waals surface area contributed by atoms with Gasteiger partial charge in [-0.15, -0.1) is 0 Å². The van der Waals surface area contributed by atoms with Gasteiger partial charge in [-0.3, -0.25) is 14.5 Å². The van der Waals surface area contributed by atoms with Crippen LogP contribution < -0.4 is 10.6 Å². The molecule has 0 bridgehead atoms. The Morgan fingerprint density at radius 2 is 1.96 bits per heavy atom. The van der Waals surface area contributed by atoms with Crippen LogP contribution in [0.2, 0.25) is 0 Å². The number of hydrogen-bond donors (Lipinski definition) is 2. The number of imide groups is 1. The zero-order valence-corrected chi connectivity index (χ0v) is 12.9. The van der Waals surface area contributed by atoms with Crippen molar-refractivity contribution in [2.24, 2.45) is 0 Å². The zero-order valence-electron chi connectivity index (χ0n) is 12.9. The van der Waals surface area contributed by atoms with Gasteiger partial charge in [0.25, 0.3) is 5.91 Å². The summed E-state index contributed by atoms with van der Waals surface area (Å²) >= 11 is 0. The van der Waals surface area contributed by atoms with Crippen molar-refractivity contribution in [1.29, 1.82) is 0 Å². The number of nitrogens with zero attached hydrogens (tertiary/aromatic N) is 1. The number of carbonyl (C=O) groups is 3. The molecule has 0 spiro atoms. The lowest BCUT2D eigenvalue weighted by Crippen LogP contribution is -2.41. The lowest BCUT2D eigenvalue weighted by Gasteiger charge is -2.12. The van der Waals surface area contributed by atoms with Gasteiger partial charge in [-0.05, 0) is 17.7 Å². The number of urea groups is 1. The van der Waals surface area contributed by atoms with E-state index in [1.54, 1.807) is 12.1 Å². The molecule has 0 unspecified atom stereocenters. The second-order valence-electron chi connectivity index (χ2n) is 5.47. The van der Waals surface area contributed by atoms with Crippen LogP contribution in [0.4, 0.5) is 4.79 Å². The first-order chi connectivity index (χ1) is 11.6. The van der Waals surface area contributed by atoms with E-state index in [9.17, 15) is 14.4 Å². The van der Waals surface area contributed by atoms with E-state index in [0.29, 0.717) is 12.2 Å².